The van der Waals surface area contributed by atoms with Crippen molar-refractivity contribution >= 4 is 35.2 Å². The minimum Gasteiger partial charge on any atom is -0.465 e. The summed E-state index contributed by atoms with van der Waals surface area (Å²) in [5, 5.41) is 19.8. The summed E-state index contributed by atoms with van der Waals surface area (Å²) < 4.78 is 1.81. The van der Waals surface area contributed by atoms with Crippen LogP contribution in [0.25, 0.3) is 28.5 Å². The van der Waals surface area contributed by atoms with Gasteiger partial charge in [0.05, 0.1) is 23.0 Å². The molecule has 2 aromatic carbocycles. The molecule has 41 heavy (non-hydrogen) atoms. The van der Waals surface area contributed by atoms with Crippen LogP contribution in [0, 0.1) is 13.8 Å². The molecule has 0 spiro atoms. The molecule has 6 rings (SSSR count). The minimum absolute atomic E-state index is 0.217. The second kappa shape index (κ2) is 10.5. The van der Waals surface area contributed by atoms with Crippen molar-refractivity contribution in [2.75, 3.05) is 18.4 Å². The van der Waals surface area contributed by atoms with Gasteiger partial charge in [0, 0.05) is 53.5 Å². The fraction of sp³-hybridized carbons (Fsp3) is 0.226. The third-order valence-corrected chi connectivity index (χ3v) is 7.76. The van der Waals surface area contributed by atoms with Gasteiger partial charge in [0.2, 0.25) is 0 Å². The van der Waals surface area contributed by atoms with Crippen LogP contribution in [0.15, 0.2) is 60.9 Å². The van der Waals surface area contributed by atoms with Gasteiger partial charge in [0.15, 0.2) is 0 Å². The third kappa shape index (κ3) is 5.00. The number of rotatable bonds is 5. The Labute approximate surface area is 236 Å². The predicted octanol–water partition coefficient (Wildman–Crippen LogP) is 4.85. The molecule has 4 aromatic rings. The smallest absolute Gasteiger partial charge is 0.407 e. The Morgan fingerprint density at radius 3 is 2.71 bits per heavy atom. The normalized spacial score (nSPS) is 17.4. The van der Waals surface area contributed by atoms with Gasteiger partial charge < -0.3 is 25.6 Å². The number of H-pyrrole nitrogens is 1. The Balaban J connectivity index is 1.27. The maximum atomic E-state index is 13.2. The average molecular weight is 551 g/mol. The molecule has 1 saturated heterocycles. The monoisotopic (exact) mass is 550 g/mol. The number of likely N-dealkylation sites (tertiary alicyclic amines) is 1. The number of carbonyl (C=O) groups is 3. The highest BCUT2D eigenvalue weighted by Gasteiger charge is 2.28. The first-order valence-corrected chi connectivity index (χ1v) is 13.5. The van der Waals surface area contributed by atoms with E-state index in [1.54, 1.807) is 12.3 Å². The van der Waals surface area contributed by atoms with Crippen molar-refractivity contribution in [1.82, 2.24) is 25.0 Å². The van der Waals surface area contributed by atoms with Crippen LogP contribution in [0.1, 0.15) is 45.7 Å². The summed E-state index contributed by atoms with van der Waals surface area (Å²) in [6, 6.07) is 15.4. The van der Waals surface area contributed by atoms with E-state index in [2.05, 4.69) is 20.7 Å². The number of fused-ring (bicyclic) bond motifs is 1. The molecule has 4 heterocycles. The highest BCUT2D eigenvalue weighted by molar-refractivity contribution is 6.35. The first-order chi connectivity index (χ1) is 19.8. The van der Waals surface area contributed by atoms with Crippen molar-refractivity contribution in [2.45, 2.75) is 32.7 Å². The molecule has 1 fully saturated rings. The first kappa shape index (κ1) is 26.1. The molecule has 10 nitrogen and oxygen atoms in total. The molecular formula is C31H30N6O4. The lowest BCUT2D eigenvalue weighted by Gasteiger charge is -2.31. The fourth-order valence-corrected chi connectivity index (χ4v) is 5.63. The van der Waals surface area contributed by atoms with Gasteiger partial charge in [0.1, 0.15) is 0 Å². The van der Waals surface area contributed by atoms with E-state index in [-0.39, 0.29) is 24.4 Å². The van der Waals surface area contributed by atoms with Crippen LogP contribution in [0.3, 0.4) is 0 Å². The highest BCUT2D eigenvalue weighted by Crippen LogP contribution is 2.37. The molecule has 0 bridgehead atoms. The number of para-hydroxylation sites is 1. The molecule has 1 unspecified atom stereocenters. The van der Waals surface area contributed by atoms with Gasteiger partial charge in [0.25, 0.3) is 11.8 Å². The van der Waals surface area contributed by atoms with Gasteiger partial charge in [-0.25, -0.2) is 9.48 Å². The van der Waals surface area contributed by atoms with Crippen LogP contribution in [0.5, 0.6) is 0 Å². The number of anilines is 1. The number of benzene rings is 2. The molecule has 0 aliphatic carbocycles. The summed E-state index contributed by atoms with van der Waals surface area (Å²) in [4.78, 5) is 42.2. The van der Waals surface area contributed by atoms with Crippen molar-refractivity contribution < 1.29 is 19.5 Å². The summed E-state index contributed by atoms with van der Waals surface area (Å²) >= 11 is 0. The fourth-order valence-electron chi connectivity index (χ4n) is 5.63. The van der Waals surface area contributed by atoms with Crippen molar-refractivity contribution in [2.24, 2.45) is 0 Å². The van der Waals surface area contributed by atoms with Crippen molar-refractivity contribution in [3.63, 3.8) is 0 Å². The summed E-state index contributed by atoms with van der Waals surface area (Å²) in [7, 11) is 0. The van der Waals surface area contributed by atoms with E-state index in [9.17, 15) is 19.5 Å². The van der Waals surface area contributed by atoms with Crippen molar-refractivity contribution in [3.8, 4) is 16.8 Å². The summed E-state index contributed by atoms with van der Waals surface area (Å²) in [6.45, 7) is 4.41. The zero-order valence-electron chi connectivity index (χ0n) is 22.8. The second-order valence-corrected chi connectivity index (χ2v) is 10.5. The Hall–Kier alpha value is -5.12. The number of piperidine rings is 1. The molecule has 2 aliphatic heterocycles. The zero-order chi connectivity index (χ0) is 28.7. The van der Waals surface area contributed by atoms with Crippen molar-refractivity contribution in [3.05, 3.63) is 89.0 Å². The molecule has 2 aromatic heterocycles. The van der Waals surface area contributed by atoms with Crippen LogP contribution in [0.2, 0.25) is 0 Å². The number of nitrogens with one attached hydrogen (secondary N) is 3. The second-order valence-electron chi connectivity index (χ2n) is 10.5. The van der Waals surface area contributed by atoms with Crippen LogP contribution in [-0.4, -0.2) is 61.8 Å². The Morgan fingerprint density at radius 2 is 1.93 bits per heavy atom. The Bertz CT molecular complexity index is 1700. The van der Waals surface area contributed by atoms with E-state index >= 15 is 0 Å². The summed E-state index contributed by atoms with van der Waals surface area (Å²) in [5.74, 6) is -0.474. The predicted molar refractivity (Wildman–Crippen MR) is 156 cm³/mol. The topological polar surface area (TPSA) is 132 Å². The molecule has 2 aliphatic rings. The lowest BCUT2D eigenvalue weighted by Crippen LogP contribution is -2.49. The minimum atomic E-state index is -0.977. The van der Waals surface area contributed by atoms with E-state index in [4.69, 9.17) is 0 Å². The third-order valence-electron chi connectivity index (χ3n) is 7.76. The van der Waals surface area contributed by atoms with Crippen LogP contribution >= 0.6 is 0 Å². The molecule has 208 valence electrons. The van der Waals surface area contributed by atoms with Crippen LogP contribution in [-0.2, 0) is 4.79 Å². The number of aromatic amines is 1. The summed E-state index contributed by atoms with van der Waals surface area (Å²) in [6.07, 6.45) is 5.98. The number of carbonyl (C=O) groups excluding carboxylic acids is 2. The Kier molecular flexibility index (Phi) is 6.66. The van der Waals surface area contributed by atoms with E-state index < -0.39 is 6.09 Å². The van der Waals surface area contributed by atoms with Gasteiger partial charge >= 0.3 is 6.09 Å². The highest BCUT2D eigenvalue weighted by atomic mass is 16.4. The zero-order valence-corrected chi connectivity index (χ0v) is 22.8. The average Bonchev–Trinajstić information content (AvgIpc) is 3.65. The van der Waals surface area contributed by atoms with Crippen LogP contribution in [0.4, 0.5) is 10.5 Å². The van der Waals surface area contributed by atoms with E-state index in [0.717, 1.165) is 40.0 Å². The van der Waals surface area contributed by atoms with Gasteiger partial charge in [-0.15, -0.1) is 0 Å². The maximum Gasteiger partial charge on any atom is 0.407 e. The number of aromatic nitrogens is 3. The maximum absolute atomic E-state index is 13.2. The standard InChI is InChI=1S/C31H30N6O4/c1-18-27(33-19(2)28(18)30(39)34-22-7-6-12-36(17-22)31(40)41)14-25-24-13-20(10-11-26(24)35-29(25)38)21-15-32-37(16-21)23-8-4-3-5-9-23/h3-5,8-11,13-16,22,33H,6-7,12,17H2,1-2H3,(H,34,39)(H,35,38)(H,40,41). The lowest BCUT2D eigenvalue weighted by molar-refractivity contribution is -0.110. The molecular weight excluding hydrogens is 520 g/mol. The number of carboxylic acid groups (broad SMARTS) is 1. The quantitative estimate of drug-likeness (QED) is 0.264. The van der Waals surface area contributed by atoms with E-state index in [0.29, 0.717) is 35.5 Å². The van der Waals surface area contributed by atoms with E-state index in [1.807, 2.05) is 73.3 Å². The van der Waals surface area contributed by atoms with E-state index in [1.165, 1.54) is 4.90 Å². The SMILES string of the molecule is Cc1[nH]c(C=C2C(=O)Nc3ccc(-c4cnn(-c5ccccc5)c4)cc32)c(C)c1C(=O)NC1CCCN(C(=O)O)C1. The molecule has 0 radical (unpaired) electrons. The molecule has 3 amide bonds. The molecule has 10 heteroatoms. The van der Waals surface area contributed by atoms with Crippen molar-refractivity contribution in [1.29, 1.82) is 0 Å². The largest absolute Gasteiger partial charge is 0.465 e. The number of aryl methyl sites for hydroxylation is 1. The number of hydrogen-bond acceptors (Lipinski definition) is 4. The molecule has 0 saturated carbocycles. The van der Waals surface area contributed by atoms with Crippen LogP contribution < -0.4 is 10.6 Å². The van der Waals surface area contributed by atoms with Gasteiger partial charge in [-0.1, -0.05) is 24.3 Å². The lowest BCUT2D eigenvalue weighted by atomic mass is 9.99. The molecule has 4 N–H and O–H groups in total. The summed E-state index contributed by atoms with van der Waals surface area (Å²) in [5.41, 5.74) is 7.37. The van der Waals surface area contributed by atoms with Gasteiger partial charge in [-0.3, -0.25) is 9.59 Å². The number of nitrogens with zero attached hydrogens (tertiary/aromatic N) is 3. The van der Waals surface area contributed by atoms with Gasteiger partial charge in [-0.2, -0.15) is 5.10 Å². The number of hydrogen-bond donors (Lipinski definition) is 4. The first-order valence-electron chi connectivity index (χ1n) is 13.5. The Morgan fingerprint density at radius 1 is 1.12 bits per heavy atom. The number of amides is 3. The molecule has 1 atom stereocenters. The van der Waals surface area contributed by atoms with Gasteiger partial charge in [-0.05, 0) is 68.2 Å².